The Labute approximate surface area is 203 Å². The number of hydrogen-bond acceptors (Lipinski definition) is 5. The summed E-state index contributed by atoms with van der Waals surface area (Å²) in [7, 11) is 0. The molecule has 0 unspecified atom stereocenters. The first-order valence-electron chi connectivity index (χ1n) is 11.0. The van der Waals surface area contributed by atoms with Gasteiger partial charge in [0.1, 0.15) is 5.60 Å². The number of fused-ring (bicyclic) bond motifs is 1. The molecule has 2 aromatic carbocycles. The van der Waals surface area contributed by atoms with E-state index in [1.54, 1.807) is 41.4 Å². The van der Waals surface area contributed by atoms with Crippen LogP contribution in [0.1, 0.15) is 43.1 Å². The van der Waals surface area contributed by atoms with Crippen molar-refractivity contribution >= 4 is 51.5 Å². The van der Waals surface area contributed by atoms with Crippen molar-refractivity contribution < 1.29 is 19.4 Å². The van der Waals surface area contributed by atoms with Gasteiger partial charge in [-0.25, -0.2) is 9.59 Å². The van der Waals surface area contributed by atoms with Crippen molar-refractivity contribution in [3.8, 4) is 0 Å². The highest BCUT2D eigenvalue weighted by Crippen LogP contribution is 2.37. The fourth-order valence-electron chi connectivity index (χ4n) is 3.86. The summed E-state index contributed by atoms with van der Waals surface area (Å²) in [4.78, 5) is 30.5. The van der Waals surface area contributed by atoms with Gasteiger partial charge in [0, 0.05) is 35.3 Å². The number of pyridine rings is 1. The molecule has 0 atom stereocenters. The maximum atomic E-state index is 12.5. The quantitative estimate of drug-likeness (QED) is 0.452. The molecule has 1 amide bonds. The number of carboxylic acid groups (broad SMARTS) is 1. The molecule has 8 heteroatoms. The number of amides is 1. The molecule has 4 rings (SSSR count). The van der Waals surface area contributed by atoms with Crippen LogP contribution in [0.4, 0.5) is 16.2 Å². The van der Waals surface area contributed by atoms with Crippen LogP contribution in [0, 0.1) is 0 Å². The van der Waals surface area contributed by atoms with Crippen molar-refractivity contribution in [2.24, 2.45) is 0 Å². The highest BCUT2D eigenvalue weighted by Gasteiger charge is 2.25. The average Bonchev–Trinajstić information content (AvgIpc) is 2.78. The Balaban J connectivity index is 1.74. The lowest BCUT2D eigenvalue weighted by Crippen LogP contribution is -2.39. The summed E-state index contributed by atoms with van der Waals surface area (Å²) in [6, 6.07) is 12.2. The second-order valence-electron chi connectivity index (χ2n) is 9.09. The number of rotatable bonds is 4. The van der Waals surface area contributed by atoms with Gasteiger partial charge in [0.05, 0.1) is 22.5 Å². The molecule has 0 fully saturated rings. The number of nitrogens with zero attached hydrogens (tertiary/aromatic N) is 2. The predicted molar refractivity (Wildman–Crippen MR) is 134 cm³/mol. The van der Waals surface area contributed by atoms with Crippen LogP contribution in [0.15, 0.2) is 54.7 Å². The molecule has 7 nitrogen and oxygen atoms in total. The van der Waals surface area contributed by atoms with Gasteiger partial charge >= 0.3 is 12.1 Å². The number of aromatic carboxylic acids is 1. The molecule has 1 aromatic heterocycles. The number of benzene rings is 2. The van der Waals surface area contributed by atoms with E-state index < -0.39 is 11.6 Å². The van der Waals surface area contributed by atoms with Gasteiger partial charge in [-0.05, 0) is 63.1 Å². The largest absolute Gasteiger partial charge is 0.478 e. The lowest BCUT2D eigenvalue weighted by atomic mass is 9.97. The Kier molecular flexibility index (Phi) is 6.48. The lowest BCUT2D eigenvalue weighted by Gasteiger charge is -2.30. The topological polar surface area (TPSA) is 91.8 Å². The van der Waals surface area contributed by atoms with E-state index in [4.69, 9.17) is 16.3 Å². The number of carboxylic acids is 1. The summed E-state index contributed by atoms with van der Waals surface area (Å²) in [5.74, 6) is -1.02. The second kappa shape index (κ2) is 9.35. The van der Waals surface area contributed by atoms with Crippen LogP contribution in [0.25, 0.3) is 16.5 Å². The molecule has 0 saturated heterocycles. The van der Waals surface area contributed by atoms with Crippen molar-refractivity contribution in [1.82, 2.24) is 9.88 Å². The van der Waals surface area contributed by atoms with Gasteiger partial charge in [0.15, 0.2) is 0 Å². The fraction of sp³-hybridized carbons (Fsp3) is 0.269. The Hall–Kier alpha value is -3.58. The van der Waals surface area contributed by atoms with Gasteiger partial charge in [-0.1, -0.05) is 29.8 Å². The molecular weight excluding hydrogens is 454 g/mol. The first-order chi connectivity index (χ1) is 16.1. The van der Waals surface area contributed by atoms with E-state index >= 15 is 0 Å². The third-order valence-electron chi connectivity index (χ3n) is 5.45. The Morgan fingerprint density at radius 1 is 1.18 bits per heavy atom. The van der Waals surface area contributed by atoms with Crippen molar-refractivity contribution in [3.05, 3.63) is 70.9 Å². The van der Waals surface area contributed by atoms with Crippen LogP contribution in [0.3, 0.4) is 0 Å². The van der Waals surface area contributed by atoms with Gasteiger partial charge in [0.25, 0.3) is 0 Å². The SMILES string of the molecule is CC(C)(C)OC(=O)N1CC=C(c2cnc3ccc(Cl)cc3c2Nc2ccccc2C(=O)O)CC1. The summed E-state index contributed by atoms with van der Waals surface area (Å²) in [5, 5.41) is 14.3. The van der Waals surface area contributed by atoms with Gasteiger partial charge in [-0.3, -0.25) is 4.98 Å². The van der Waals surface area contributed by atoms with Gasteiger partial charge in [-0.2, -0.15) is 0 Å². The standard InChI is InChI=1S/C26H26ClN3O4/c1-26(2,3)34-25(33)30-12-10-16(11-13-30)20-15-28-21-9-8-17(27)14-19(21)23(20)29-22-7-5-4-6-18(22)24(31)32/h4-10,14-15H,11-13H2,1-3H3,(H,28,29)(H,31,32). The Morgan fingerprint density at radius 2 is 1.94 bits per heavy atom. The summed E-state index contributed by atoms with van der Waals surface area (Å²) in [6.45, 7) is 6.43. The molecule has 0 saturated carbocycles. The fourth-order valence-corrected chi connectivity index (χ4v) is 4.03. The van der Waals surface area contributed by atoms with E-state index in [1.165, 1.54) is 0 Å². The number of ether oxygens (including phenoxy) is 1. The van der Waals surface area contributed by atoms with Gasteiger partial charge in [-0.15, -0.1) is 0 Å². The molecule has 1 aliphatic rings. The second-order valence-corrected chi connectivity index (χ2v) is 9.53. The Morgan fingerprint density at radius 3 is 2.62 bits per heavy atom. The third kappa shape index (κ3) is 5.15. The van der Waals surface area contributed by atoms with Crippen molar-refractivity contribution in [2.75, 3.05) is 18.4 Å². The molecule has 0 radical (unpaired) electrons. The molecule has 3 aromatic rings. The number of para-hydroxylation sites is 1. The zero-order valence-corrected chi connectivity index (χ0v) is 20.0. The van der Waals surface area contributed by atoms with Crippen LogP contribution in [0.5, 0.6) is 0 Å². The van der Waals surface area contributed by atoms with Crippen LogP contribution >= 0.6 is 11.6 Å². The monoisotopic (exact) mass is 479 g/mol. The van der Waals surface area contributed by atoms with Crippen LogP contribution in [0.2, 0.25) is 5.02 Å². The maximum Gasteiger partial charge on any atom is 0.410 e. The number of carbonyl (C=O) groups excluding carboxylic acids is 1. The lowest BCUT2D eigenvalue weighted by molar-refractivity contribution is 0.0270. The average molecular weight is 480 g/mol. The highest BCUT2D eigenvalue weighted by atomic mass is 35.5. The minimum atomic E-state index is -1.02. The maximum absolute atomic E-state index is 12.5. The molecule has 2 N–H and O–H groups in total. The van der Waals surface area contributed by atoms with E-state index in [2.05, 4.69) is 10.3 Å². The summed E-state index contributed by atoms with van der Waals surface area (Å²) in [5.41, 5.74) is 3.36. The van der Waals surface area contributed by atoms with E-state index in [1.807, 2.05) is 39.0 Å². The van der Waals surface area contributed by atoms with Crippen molar-refractivity contribution in [3.63, 3.8) is 0 Å². The van der Waals surface area contributed by atoms with E-state index in [-0.39, 0.29) is 11.7 Å². The molecule has 1 aliphatic heterocycles. The molecule has 0 bridgehead atoms. The highest BCUT2D eigenvalue weighted by molar-refractivity contribution is 6.31. The molecule has 2 heterocycles. The molecule has 0 spiro atoms. The normalized spacial score (nSPS) is 14.0. The number of hydrogen-bond donors (Lipinski definition) is 2. The summed E-state index contributed by atoms with van der Waals surface area (Å²) < 4.78 is 5.49. The van der Waals surface area contributed by atoms with Crippen molar-refractivity contribution in [2.45, 2.75) is 32.8 Å². The zero-order valence-electron chi connectivity index (χ0n) is 19.3. The number of aromatic nitrogens is 1. The van der Waals surface area contributed by atoms with Gasteiger partial charge in [0.2, 0.25) is 0 Å². The minimum absolute atomic E-state index is 0.161. The van der Waals surface area contributed by atoms with E-state index in [9.17, 15) is 14.7 Å². The number of anilines is 2. The van der Waals surface area contributed by atoms with E-state index in [0.29, 0.717) is 30.2 Å². The summed E-state index contributed by atoms with van der Waals surface area (Å²) >= 11 is 6.30. The molecule has 34 heavy (non-hydrogen) atoms. The molecular formula is C26H26ClN3O4. The number of halogens is 1. The minimum Gasteiger partial charge on any atom is -0.478 e. The third-order valence-corrected chi connectivity index (χ3v) is 5.69. The van der Waals surface area contributed by atoms with Crippen LogP contribution in [-0.4, -0.2) is 45.7 Å². The zero-order chi connectivity index (χ0) is 24.5. The molecule has 176 valence electrons. The van der Waals surface area contributed by atoms with E-state index in [0.717, 1.165) is 27.7 Å². The van der Waals surface area contributed by atoms with Crippen molar-refractivity contribution in [1.29, 1.82) is 0 Å². The predicted octanol–water partition coefficient (Wildman–Crippen LogP) is 6.35. The first-order valence-corrected chi connectivity index (χ1v) is 11.3. The first kappa shape index (κ1) is 23.6. The summed E-state index contributed by atoms with van der Waals surface area (Å²) in [6.07, 6.45) is 4.01. The smallest absolute Gasteiger partial charge is 0.410 e. The number of carbonyl (C=O) groups is 2. The molecule has 0 aliphatic carbocycles. The van der Waals surface area contributed by atoms with Crippen LogP contribution in [-0.2, 0) is 4.74 Å². The van der Waals surface area contributed by atoms with Crippen LogP contribution < -0.4 is 5.32 Å². The number of nitrogens with one attached hydrogen (secondary N) is 1. The Bertz CT molecular complexity index is 1300. The van der Waals surface area contributed by atoms with Gasteiger partial charge < -0.3 is 20.1 Å².